The number of hydrogen-bond acceptors (Lipinski definition) is 5. The smallest absolute Gasteiger partial charge is 0.225 e. The topological polar surface area (TPSA) is 80.5 Å². The Morgan fingerprint density at radius 3 is 2.77 bits per heavy atom. The Morgan fingerprint density at radius 2 is 2.09 bits per heavy atom. The van der Waals surface area contributed by atoms with Crippen LogP contribution < -0.4 is 0 Å². The Balaban J connectivity index is 1.68. The van der Waals surface area contributed by atoms with Crippen molar-refractivity contribution >= 4 is 5.91 Å². The van der Waals surface area contributed by atoms with Crippen LogP contribution >= 0.6 is 0 Å². The highest BCUT2D eigenvalue weighted by Gasteiger charge is 2.32. The zero-order valence-electron chi connectivity index (χ0n) is 13.1. The Morgan fingerprint density at radius 1 is 1.32 bits per heavy atom. The molecule has 3 rings (SSSR count). The highest BCUT2D eigenvalue weighted by molar-refractivity contribution is 5.79. The lowest BCUT2D eigenvalue weighted by molar-refractivity contribution is -0.139. The Bertz CT molecular complexity index is 525. The van der Waals surface area contributed by atoms with E-state index in [-0.39, 0.29) is 24.3 Å². The summed E-state index contributed by atoms with van der Waals surface area (Å²) < 4.78 is 7.20. The third-order valence-electron chi connectivity index (χ3n) is 4.81. The number of carbonyl (C=O) groups excluding carboxylic acids is 1. The first-order valence-electron chi connectivity index (χ1n) is 8.06. The quantitative estimate of drug-likeness (QED) is 0.876. The normalized spacial score (nSPS) is 23.7. The number of nitrogens with zero attached hydrogens (tertiary/aromatic N) is 4. The SMILES string of the molecule is Cn1c(CO)nnc1[C@H]1CCCN(C(=O)C2CCOCC2)C1. The first kappa shape index (κ1) is 15.4. The number of amides is 1. The molecule has 1 amide bonds. The van der Waals surface area contributed by atoms with Crippen LogP contribution in [0.3, 0.4) is 0 Å². The third kappa shape index (κ3) is 3.01. The van der Waals surface area contributed by atoms with Crippen LogP contribution in [0.25, 0.3) is 0 Å². The highest BCUT2D eigenvalue weighted by atomic mass is 16.5. The molecule has 2 fully saturated rings. The average molecular weight is 308 g/mol. The van der Waals surface area contributed by atoms with E-state index in [0.29, 0.717) is 25.6 Å². The molecular formula is C15H24N4O3. The maximum atomic E-state index is 12.7. The van der Waals surface area contributed by atoms with Crippen LogP contribution in [-0.4, -0.2) is 57.0 Å². The fraction of sp³-hybridized carbons (Fsp3) is 0.800. The van der Waals surface area contributed by atoms with Gasteiger partial charge in [0.15, 0.2) is 5.82 Å². The maximum Gasteiger partial charge on any atom is 0.225 e. The molecule has 0 aromatic carbocycles. The van der Waals surface area contributed by atoms with E-state index < -0.39 is 0 Å². The van der Waals surface area contributed by atoms with E-state index in [9.17, 15) is 9.90 Å². The lowest BCUT2D eigenvalue weighted by Crippen LogP contribution is -2.44. The number of aromatic nitrogens is 3. The van der Waals surface area contributed by atoms with Gasteiger partial charge in [0.2, 0.25) is 5.91 Å². The molecule has 0 spiro atoms. The van der Waals surface area contributed by atoms with Crippen molar-refractivity contribution in [2.45, 2.75) is 38.2 Å². The molecule has 3 heterocycles. The molecule has 0 aliphatic carbocycles. The zero-order chi connectivity index (χ0) is 15.5. The molecule has 7 heteroatoms. The molecule has 122 valence electrons. The standard InChI is InChI=1S/C15H24N4O3/c1-18-13(10-20)16-17-14(18)12-3-2-6-19(9-12)15(21)11-4-7-22-8-5-11/h11-12,20H,2-10H2,1H3/t12-/m0/s1. The molecule has 2 saturated heterocycles. The van der Waals surface area contributed by atoms with Gasteiger partial charge in [0.05, 0.1) is 0 Å². The van der Waals surface area contributed by atoms with Crippen molar-refractivity contribution in [3.05, 3.63) is 11.6 Å². The van der Waals surface area contributed by atoms with Crippen LogP contribution in [0.1, 0.15) is 43.3 Å². The lowest BCUT2D eigenvalue weighted by atomic mass is 9.93. The molecule has 0 radical (unpaired) electrons. The Kier molecular flexibility index (Phi) is 4.73. The van der Waals surface area contributed by atoms with Crippen LogP contribution in [0.15, 0.2) is 0 Å². The summed E-state index contributed by atoms with van der Waals surface area (Å²) in [7, 11) is 1.88. The number of carbonyl (C=O) groups is 1. The van der Waals surface area contributed by atoms with Gasteiger partial charge in [-0.3, -0.25) is 4.79 Å². The molecule has 1 aromatic rings. The van der Waals surface area contributed by atoms with E-state index in [1.54, 1.807) is 0 Å². The van der Waals surface area contributed by atoms with Crippen LogP contribution in [0.5, 0.6) is 0 Å². The van der Waals surface area contributed by atoms with E-state index in [2.05, 4.69) is 10.2 Å². The lowest BCUT2D eigenvalue weighted by Gasteiger charge is -2.35. The summed E-state index contributed by atoms with van der Waals surface area (Å²) in [5, 5.41) is 17.5. The number of rotatable bonds is 3. The van der Waals surface area contributed by atoms with Gasteiger partial charge in [-0.1, -0.05) is 0 Å². The van der Waals surface area contributed by atoms with Crippen molar-refractivity contribution in [2.24, 2.45) is 13.0 Å². The molecule has 2 aliphatic heterocycles. The molecule has 0 saturated carbocycles. The minimum Gasteiger partial charge on any atom is -0.388 e. The second kappa shape index (κ2) is 6.75. The molecule has 0 unspecified atom stereocenters. The zero-order valence-corrected chi connectivity index (χ0v) is 13.1. The minimum atomic E-state index is -0.110. The van der Waals surface area contributed by atoms with Crippen molar-refractivity contribution in [1.29, 1.82) is 0 Å². The summed E-state index contributed by atoms with van der Waals surface area (Å²) in [6.07, 6.45) is 3.66. The van der Waals surface area contributed by atoms with Gasteiger partial charge < -0.3 is 19.3 Å². The average Bonchev–Trinajstić information content (AvgIpc) is 2.96. The van der Waals surface area contributed by atoms with Crippen molar-refractivity contribution < 1.29 is 14.6 Å². The number of piperidine rings is 1. The molecule has 1 atom stereocenters. The van der Waals surface area contributed by atoms with Crippen LogP contribution in [0.2, 0.25) is 0 Å². The van der Waals surface area contributed by atoms with E-state index in [1.165, 1.54) is 0 Å². The first-order valence-corrected chi connectivity index (χ1v) is 8.06. The summed E-state index contributed by atoms with van der Waals surface area (Å²) in [5.74, 6) is 2.02. The van der Waals surface area contributed by atoms with E-state index >= 15 is 0 Å². The molecule has 22 heavy (non-hydrogen) atoms. The number of likely N-dealkylation sites (tertiary alicyclic amines) is 1. The van der Waals surface area contributed by atoms with Gasteiger partial charge in [0, 0.05) is 45.2 Å². The van der Waals surface area contributed by atoms with Gasteiger partial charge in [-0.05, 0) is 25.7 Å². The molecule has 7 nitrogen and oxygen atoms in total. The molecule has 1 aromatic heterocycles. The van der Waals surface area contributed by atoms with Crippen LogP contribution in [0.4, 0.5) is 0 Å². The van der Waals surface area contributed by atoms with Crippen molar-refractivity contribution in [1.82, 2.24) is 19.7 Å². The van der Waals surface area contributed by atoms with Crippen molar-refractivity contribution in [3.8, 4) is 0 Å². The number of ether oxygens (including phenoxy) is 1. The van der Waals surface area contributed by atoms with Crippen LogP contribution in [-0.2, 0) is 23.2 Å². The minimum absolute atomic E-state index is 0.110. The van der Waals surface area contributed by atoms with Crippen LogP contribution in [0, 0.1) is 5.92 Å². The molecular weight excluding hydrogens is 284 g/mol. The second-order valence-electron chi connectivity index (χ2n) is 6.20. The van der Waals surface area contributed by atoms with Gasteiger partial charge in [0.25, 0.3) is 0 Å². The number of hydrogen-bond donors (Lipinski definition) is 1. The molecule has 1 N–H and O–H groups in total. The largest absolute Gasteiger partial charge is 0.388 e. The van der Waals surface area contributed by atoms with Gasteiger partial charge in [0.1, 0.15) is 12.4 Å². The number of aliphatic hydroxyl groups is 1. The predicted molar refractivity (Wildman–Crippen MR) is 79.0 cm³/mol. The van der Waals surface area contributed by atoms with Gasteiger partial charge >= 0.3 is 0 Å². The Hall–Kier alpha value is -1.47. The summed E-state index contributed by atoms with van der Waals surface area (Å²) in [4.78, 5) is 14.6. The monoisotopic (exact) mass is 308 g/mol. The highest BCUT2D eigenvalue weighted by Crippen LogP contribution is 2.28. The van der Waals surface area contributed by atoms with E-state index in [4.69, 9.17) is 4.74 Å². The van der Waals surface area contributed by atoms with Crippen molar-refractivity contribution in [2.75, 3.05) is 26.3 Å². The second-order valence-corrected chi connectivity index (χ2v) is 6.20. The summed E-state index contributed by atoms with van der Waals surface area (Å²) >= 11 is 0. The van der Waals surface area contributed by atoms with Gasteiger partial charge in [-0.2, -0.15) is 0 Å². The number of aliphatic hydroxyl groups excluding tert-OH is 1. The fourth-order valence-corrected chi connectivity index (χ4v) is 3.46. The summed E-state index contributed by atoms with van der Waals surface area (Å²) in [6.45, 7) is 2.81. The molecule has 2 aliphatic rings. The Labute approximate surface area is 130 Å². The summed E-state index contributed by atoms with van der Waals surface area (Å²) in [6, 6.07) is 0. The first-order chi connectivity index (χ1) is 10.7. The van der Waals surface area contributed by atoms with Gasteiger partial charge in [-0.25, -0.2) is 0 Å². The van der Waals surface area contributed by atoms with Gasteiger partial charge in [-0.15, -0.1) is 10.2 Å². The van der Waals surface area contributed by atoms with E-state index in [1.807, 2.05) is 16.5 Å². The molecule has 0 bridgehead atoms. The maximum absolute atomic E-state index is 12.7. The third-order valence-corrected chi connectivity index (χ3v) is 4.81. The van der Waals surface area contributed by atoms with Crippen molar-refractivity contribution in [3.63, 3.8) is 0 Å². The van der Waals surface area contributed by atoms with E-state index in [0.717, 1.165) is 38.1 Å². The summed E-state index contributed by atoms with van der Waals surface area (Å²) in [5.41, 5.74) is 0. The fourth-order valence-electron chi connectivity index (χ4n) is 3.46. The predicted octanol–water partition coefficient (Wildman–Crippen LogP) is 0.440.